The molecule has 0 spiro atoms. The van der Waals surface area contributed by atoms with Crippen molar-refractivity contribution in [2.75, 3.05) is 0 Å². The molecule has 0 amide bonds. The SMILES string of the molecule is C[C@@H]1C[C@H](O[Si](C)(C)C(C)(C)C)[C@H](C/C=C\CCCC(=O)O)[C@H]1CC[C@H](CCc1ccccc1)O[Si](C)(C)C(C)(C)C. The third kappa shape index (κ3) is 11.4. The van der Waals surface area contributed by atoms with E-state index in [1.165, 1.54) is 12.0 Å². The molecule has 6 heteroatoms. The zero-order chi connectivity index (χ0) is 31.8. The van der Waals surface area contributed by atoms with E-state index >= 15 is 0 Å². The molecular weight excluding hydrogens is 553 g/mol. The molecule has 1 aromatic carbocycles. The molecule has 0 bridgehead atoms. The summed E-state index contributed by atoms with van der Waals surface area (Å²) >= 11 is 0. The maximum Gasteiger partial charge on any atom is 0.303 e. The number of unbranched alkanes of at least 4 members (excludes halogenated alkanes) is 1. The second-order valence-corrected chi connectivity index (χ2v) is 25.6. The van der Waals surface area contributed by atoms with Gasteiger partial charge in [0.2, 0.25) is 0 Å². The van der Waals surface area contributed by atoms with Crippen LogP contribution >= 0.6 is 0 Å². The molecule has 2 rings (SSSR count). The maximum absolute atomic E-state index is 10.9. The summed E-state index contributed by atoms with van der Waals surface area (Å²) in [5.41, 5.74) is 1.39. The Morgan fingerprint density at radius 3 is 2.14 bits per heavy atom. The second-order valence-electron chi connectivity index (χ2n) is 16.1. The van der Waals surface area contributed by atoms with E-state index in [0.717, 1.165) is 38.5 Å². The summed E-state index contributed by atoms with van der Waals surface area (Å²) in [6.45, 7) is 26.0. The van der Waals surface area contributed by atoms with Gasteiger partial charge in [-0.25, -0.2) is 0 Å². The number of hydrogen-bond donors (Lipinski definition) is 1. The summed E-state index contributed by atoms with van der Waals surface area (Å²) in [6, 6.07) is 10.9. The molecule has 5 atom stereocenters. The van der Waals surface area contributed by atoms with Crippen molar-refractivity contribution in [3.8, 4) is 0 Å². The van der Waals surface area contributed by atoms with Gasteiger partial charge in [-0.15, -0.1) is 0 Å². The molecule has 0 saturated heterocycles. The van der Waals surface area contributed by atoms with Crippen LogP contribution in [0.15, 0.2) is 42.5 Å². The Balaban J connectivity index is 2.22. The average Bonchev–Trinajstić information content (AvgIpc) is 3.14. The van der Waals surface area contributed by atoms with Crippen LogP contribution in [0.1, 0.15) is 105 Å². The summed E-state index contributed by atoms with van der Waals surface area (Å²) in [5, 5.41) is 9.37. The quantitative estimate of drug-likeness (QED) is 0.114. The van der Waals surface area contributed by atoms with Crippen molar-refractivity contribution in [2.24, 2.45) is 17.8 Å². The molecule has 42 heavy (non-hydrogen) atoms. The molecule has 1 aliphatic rings. The van der Waals surface area contributed by atoms with E-state index in [9.17, 15) is 4.79 Å². The largest absolute Gasteiger partial charge is 0.481 e. The Morgan fingerprint density at radius 1 is 0.952 bits per heavy atom. The monoisotopic (exact) mass is 616 g/mol. The summed E-state index contributed by atoms with van der Waals surface area (Å²) in [5.74, 6) is 1.00. The van der Waals surface area contributed by atoms with Crippen molar-refractivity contribution in [1.29, 1.82) is 0 Å². The summed E-state index contributed by atoms with van der Waals surface area (Å²) in [6.07, 6.45) is 13.4. The van der Waals surface area contributed by atoms with E-state index in [-0.39, 0.29) is 22.6 Å². The molecular formula is C36H64O4Si2. The Bertz CT molecular complexity index is 974. The van der Waals surface area contributed by atoms with Crippen LogP contribution in [0.4, 0.5) is 0 Å². The van der Waals surface area contributed by atoms with Crippen molar-refractivity contribution < 1.29 is 18.8 Å². The molecule has 1 aliphatic carbocycles. The number of carboxylic acids is 1. The summed E-state index contributed by atoms with van der Waals surface area (Å²) in [7, 11) is -3.80. The van der Waals surface area contributed by atoms with Crippen molar-refractivity contribution in [3.05, 3.63) is 48.0 Å². The summed E-state index contributed by atoms with van der Waals surface area (Å²) < 4.78 is 14.2. The highest BCUT2D eigenvalue weighted by Crippen LogP contribution is 2.48. The third-order valence-corrected chi connectivity index (χ3v) is 19.7. The Kier molecular flexibility index (Phi) is 13.8. The molecule has 4 nitrogen and oxygen atoms in total. The minimum atomic E-state index is -1.90. The second kappa shape index (κ2) is 15.7. The fourth-order valence-corrected chi connectivity index (χ4v) is 8.68. The zero-order valence-corrected chi connectivity index (χ0v) is 31.0. The van der Waals surface area contributed by atoms with Gasteiger partial charge in [0.1, 0.15) is 0 Å². The van der Waals surface area contributed by atoms with Gasteiger partial charge < -0.3 is 14.0 Å². The smallest absolute Gasteiger partial charge is 0.303 e. The number of aryl methyl sites for hydroxylation is 1. The van der Waals surface area contributed by atoms with Crippen molar-refractivity contribution in [1.82, 2.24) is 0 Å². The molecule has 1 N–H and O–H groups in total. The van der Waals surface area contributed by atoms with Crippen LogP contribution in [0.3, 0.4) is 0 Å². The molecule has 1 fully saturated rings. The van der Waals surface area contributed by atoms with Crippen LogP contribution in [0, 0.1) is 17.8 Å². The van der Waals surface area contributed by atoms with Gasteiger partial charge in [0, 0.05) is 18.6 Å². The number of benzene rings is 1. The maximum atomic E-state index is 10.9. The van der Waals surface area contributed by atoms with Gasteiger partial charge in [-0.3, -0.25) is 4.79 Å². The van der Waals surface area contributed by atoms with E-state index in [1.54, 1.807) is 0 Å². The van der Waals surface area contributed by atoms with Gasteiger partial charge in [-0.1, -0.05) is 91.0 Å². The molecule has 0 aromatic heterocycles. The van der Waals surface area contributed by atoms with Crippen molar-refractivity contribution >= 4 is 22.6 Å². The predicted molar refractivity (Wildman–Crippen MR) is 184 cm³/mol. The highest BCUT2D eigenvalue weighted by atomic mass is 28.4. The highest BCUT2D eigenvalue weighted by Gasteiger charge is 2.47. The van der Waals surface area contributed by atoms with Gasteiger partial charge in [0.05, 0.1) is 0 Å². The van der Waals surface area contributed by atoms with Crippen LogP contribution in [0.25, 0.3) is 0 Å². The normalized spacial score (nSPS) is 23.0. The van der Waals surface area contributed by atoms with E-state index in [2.05, 4.69) is 117 Å². The van der Waals surface area contributed by atoms with Gasteiger partial charge >= 0.3 is 5.97 Å². The lowest BCUT2D eigenvalue weighted by Gasteiger charge is -2.41. The third-order valence-electron chi connectivity index (χ3n) is 10.6. The van der Waals surface area contributed by atoms with Gasteiger partial charge in [-0.05, 0) is 111 Å². The minimum absolute atomic E-state index is 0.186. The minimum Gasteiger partial charge on any atom is -0.481 e. The van der Waals surface area contributed by atoms with Crippen LogP contribution in [-0.4, -0.2) is 39.9 Å². The van der Waals surface area contributed by atoms with Gasteiger partial charge in [-0.2, -0.15) is 0 Å². The van der Waals surface area contributed by atoms with Crippen LogP contribution in [0.2, 0.25) is 36.3 Å². The van der Waals surface area contributed by atoms with E-state index < -0.39 is 22.6 Å². The zero-order valence-electron chi connectivity index (χ0n) is 29.0. The Labute approximate surface area is 261 Å². The lowest BCUT2D eigenvalue weighted by atomic mass is 9.83. The Morgan fingerprint density at radius 2 is 1.57 bits per heavy atom. The van der Waals surface area contributed by atoms with Crippen molar-refractivity contribution in [2.45, 2.75) is 155 Å². The first-order valence-corrected chi connectivity index (χ1v) is 22.4. The van der Waals surface area contributed by atoms with Crippen LogP contribution in [0.5, 0.6) is 0 Å². The first kappa shape index (κ1) is 37.0. The fourth-order valence-electron chi connectivity index (χ4n) is 5.88. The highest BCUT2D eigenvalue weighted by molar-refractivity contribution is 6.74. The number of allylic oxidation sites excluding steroid dienone is 2. The topological polar surface area (TPSA) is 55.8 Å². The molecule has 0 unspecified atom stereocenters. The lowest BCUT2D eigenvalue weighted by Crippen LogP contribution is -2.45. The predicted octanol–water partition coefficient (Wildman–Crippen LogP) is 10.7. The average molecular weight is 617 g/mol. The Hall–Kier alpha value is -1.22. The standard InChI is InChI=1S/C36H64O4Si2/c1-28-27-33(40-42(10,11)36(5,6)7)32(21-17-12-13-18-22-34(37)38)31(28)26-25-30(39-41(8,9)35(2,3)4)24-23-29-19-15-14-16-20-29/h12,14-17,19-20,28,30-33H,13,18,21-27H2,1-11H3,(H,37,38)/b17-12-/t28-,30+,31+,32-,33+/m1/s1. The van der Waals surface area contributed by atoms with Crippen molar-refractivity contribution in [3.63, 3.8) is 0 Å². The van der Waals surface area contributed by atoms with Gasteiger partial charge in [0.15, 0.2) is 16.6 Å². The molecule has 240 valence electrons. The first-order valence-electron chi connectivity index (χ1n) is 16.6. The number of aliphatic carboxylic acids is 1. The van der Waals surface area contributed by atoms with Crippen LogP contribution in [-0.2, 0) is 20.1 Å². The molecule has 0 aliphatic heterocycles. The fraction of sp³-hybridized carbons (Fsp3) is 0.750. The molecule has 0 heterocycles. The van der Waals surface area contributed by atoms with E-state index in [1.807, 2.05) is 0 Å². The number of carbonyl (C=O) groups is 1. The molecule has 0 radical (unpaired) electrons. The van der Waals surface area contributed by atoms with E-state index in [0.29, 0.717) is 30.3 Å². The number of hydrogen-bond acceptors (Lipinski definition) is 3. The summed E-state index contributed by atoms with van der Waals surface area (Å²) in [4.78, 5) is 10.9. The van der Waals surface area contributed by atoms with Gasteiger partial charge in [0.25, 0.3) is 0 Å². The number of rotatable bonds is 16. The lowest BCUT2D eigenvalue weighted by molar-refractivity contribution is -0.137. The number of carboxylic acid groups (broad SMARTS) is 1. The first-order chi connectivity index (χ1) is 19.3. The molecule has 1 saturated carbocycles. The van der Waals surface area contributed by atoms with Crippen LogP contribution < -0.4 is 0 Å². The van der Waals surface area contributed by atoms with E-state index in [4.69, 9.17) is 14.0 Å². The molecule has 1 aromatic rings.